The van der Waals surface area contributed by atoms with Gasteiger partial charge in [0.25, 0.3) is 0 Å². The van der Waals surface area contributed by atoms with E-state index >= 15 is 0 Å². The first-order valence-electron chi connectivity index (χ1n) is 11.1. The highest BCUT2D eigenvalue weighted by atomic mass is 16.6. The van der Waals surface area contributed by atoms with E-state index in [-0.39, 0.29) is 17.3 Å². The van der Waals surface area contributed by atoms with Crippen LogP contribution in [0.2, 0.25) is 0 Å². The van der Waals surface area contributed by atoms with Gasteiger partial charge in [0.1, 0.15) is 11.5 Å². The Bertz CT molecular complexity index is 1150. The van der Waals surface area contributed by atoms with Crippen molar-refractivity contribution in [3.8, 4) is 11.5 Å². The quantitative estimate of drug-likeness (QED) is 0.372. The minimum atomic E-state index is -0.583. The number of nitrogens with two attached hydrogens (primary N) is 1. The zero-order valence-corrected chi connectivity index (χ0v) is 19.2. The molecule has 0 amide bonds. The van der Waals surface area contributed by atoms with Crippen molar-refractivity contribution in [3.63, 3.8) is 0 Å². The van der Waals surface area contributed by atoms with Crippen molar-refractivity contribution in [3.05, 3.63) is 64.2 Å². The van der Waals surface area contributed by atoms with Gasteiger partial charge in [0.2, 0.25) is 17.6 Å². The van der Waals surface area contributed by atoms with Crippen LogP contribution in [0.25, 0.3) is 0 Å². The Morgan fingerprint density at radius 2 is 1.85 bits per heavy atom. The van der Waals surface area contributed by atoms with E-state index in [1.54, 1.807) is 18.2 Å². The van der Waals surface area contributed by atoms with Crippen LogP contribution >= 0.6 is 0 Å². The molecule has 2 heterocycles. The topological polar surface area (TPSA) is 129 Å². The van der Waals surface area contributed by atoms with E-state index in [2.05, 4.69) is 39.6 Å². The molecule has 10 heteroatoms. The number of nitrogens with zero attached hydrogens (tertiary/aromatic N) is 4. The highest BCUT2D eigenvalue weighted by Gasteiger charge is 2.28. The van der Waals surface area contributed by atoms with Crippen molar-refractivity contribution in [1.29, 1.82) is 0 Å². The van der Waals surface area contributed by atoms with E-state index in [9.17, 15) is 10.1 Å². The summed E-state index contributed by atoms with van der Waals surface area (Å²) in [4.78, 5) is 22.0. The van der Waals surface area contributed by atoms with Crippen LogP contribution < -0.4 is 25.4 Å². The van der Waals surface area contributed by atoms with Crippen LogP contribution in [0.3, 0.4) is 0 Å². The van der Waals surface area contributed by atoms with E-state index in [0.717, 1.165) is 32.4 Å². The number of piperidine rings is 1. The Morgan fingerprint density at radius 1 is 1.12 bits per heavy atom. The Hall–Kier alpha value is -4.08. The maximum atomic E-state index is 11.8. The first-order valence-corrected chi connectivity index (χ1v) is 11.1. The fourth-order valence-electron chi connectivity index (χ4n) is 4.19. The predicted octanol–water partition coefficient (Wildman–Crippen LogP) is 4.19. The van der Waals surface area contributed by atoms with E-state index in [4.69, 9.17) is 15.2 Å². The van der Waals surface area contributed by atoms with Crippen molar-refractivity contribution in [1.82, 2.24) is 9.97 Å². The van der Waals surface area contributed by atoms with Gasteiger partial charge in [0.05, 0.1) is 24.8 Å². The van der Waals surface area contributed by atoms with Gasteiger partial charge in [-0.1, -0.05) is 30.3 Å². The lowest BCUT2D eigenvalue weighted by Gasteiger charge is -2.32. The highest BCUT2D eigenvalue weighted by Crippen LogP contribution is 2.37. The lowest BCUT2D eigenvalue weighted by atomic mass is 9.90. The molecule has 3 N–H and O–H groups in total. The largest absolute Gasteiger partial charge is 0.497 e. The lowest BCUT2D eigenvalue weighted by Crippen LogP contribution is -2.35. The molecule has 0 bridgehead atoms. The molecule has 0 radical (unpaired) electrons. The first-order chi connectivity index (χ1) is 16.5. The van der Waals surface area contributed by atoms with E-state index < -0.39 is 4.92 Å². The molecule has 0 saturated carbocycles. The summed E-state index contributed by atoms with van der Waals surface area (Å²) in [5, 5.41) is 14.8. The zero-order valence-electron chi connectivity index (χ0n) is 19.2. The molecule has 34 heavy (non-hydrogen) atoms. The summed E-state index contributed by atoms with van der Waals surface area (Å²) in [6, 6.07) is 15.6. The van der Waals surface area contributed by atoms with E-state index in [1.165, 1.54) is 19.8 Å². The molecule has 1 aliphatic heterocycles. The SMILES string of the molecule is COc1ccc(OC)c(Nc2nc(N3CCC(Cc4ccccc4)CC3)nc(N)c2[N+](=O)[O-])c1. The number of benzene rings is 2. The van der Waals surface area contributed by atoms with E-state index in [1.807, 2.05) is 11.0 Å². The van der Waals surface area contributed by atoms with Crippen LogP contribution in [0.1, 0.15) is 18.4 Å². The summed E-state index contributed by atoms with van der Waals surface area (Å²) >= 11 is 0. The number of hydrogen-bond acceptors (Lipinski definition) is 9. The molecule has 1 fully saturated rings. The second kappa shape index (κ2) is 10.2. The summed E-state index contributed by atoms with van der Waals surface area (Å²) < 4.78 is 10.7. The minimum absolute atomic E-state index is 0.00506. The third-order valence-corrected chi connectivity index (χ3v) is 6.01. The molecule has 178 valence electrons. The van der Waals surface area contributed by atoms with Crippen molar-refractivity contribution in [2.24, 2.45) is 5.92 Å². The van der Waals surface area contributed by atoms with Crippen molar-refractivity contribution >= 4 is 29.0 Å². The van der Waals surface area contributed by atoms with Gasteiger partial charge in [-0.05, 0) is 42.9 Å². The molecular weight excluding hydrogens is 436 g/mol. The Kier molecular flexibility index (Phi) is 6.95. The van der Waals surface area contributed by atoms with Crippen LogP contribution in [-0.2, 0) is 6.42 Å². The van der Waals surface area contributed by atoms with Crippen LogP contribution in [0.5, 0.6) is 11.5 Å². The number of nitrogen functional groups attached to an aromatic ring is 1. The maximum absolute atomic E-state index is 11.8. The number of methoxy groups -OCH3 is 2. The summed E-state index contributed by atoms with van der Waals surface area (Å²) in [5.74, 6) is 1.79. The van der Waals surface area contributed by atoms with Crippen LogP contribution in [0, 0.1) is 16.0 Å². The molecular formula is C24H28N6O4. The molecule has 0 spiro atoms. The number of hydrogen-bond donors (Lipinski definition) is 2. The fraction of sp³-hybridized carbons (Fsp3) is 0.333. The monoisotopic (exact) mass is 464 g/mol. The Morgan fingerprint density at radius 3 is 2.50 bits per heavy atom. The van der Waals surface area contributed by atoms with Gasteiger partial charge >= 0.3 is 5.69 Å². The fourth-order valence-corrected chi connectivity index (χ4v) is 4.19. The molecule has 0 unspecified atom stereocenters. The predicted molar refractivity (Wildman–Crippen MR) is 131 cm³/mol. The van der Waals surface area contributed by atoms with Crippen LogP contribution in [0.4, 0.5) is 29.0 Å². The van der Waals surface area contributed by atoms with Gasteiger partial charge in [-0.15, -0.1) is 0 Å². The number of nitrogens with one attached hydrogen (secondary N) is 1. The van der Waals surface area contributed by atoms with Crippen LogP contribution in [0.15, 0.2) is 48.5 Å². The van der Waals surface area contributed by atoms with E-state index in [0.29, 0.717) is 29.1 Å². The molecule has 1 aliphatic rings. The number of anilines is 4. The second-order valence-corrected chi connectivity index (χ2v) is 8.17. The normalized spacial score (nSPS) is 14.0. The first kappa shape index (κ1) is 23.1. The highest BCUT2D eigenvalue weighted by molar-refractivity contribution is 5.77. The van der Waals surface area contributed by atoms with Crippen molar-refractivity contribution in [2.75, 3.05) is 43.3 Å². The standard InChI is InChI=1S/C24H28N6O4/c1-33-18-8-9-20(34-2)19(15-18)26-23-21(30(31)32)22(25)27-24(28-23)29-12-10-17(11-13-29)14-16-6-4-3-5-7-16/h3-9,15,17H,10-14H2,1-2H3,(H3,25,26,27,28). The number of nitro groups is 1. The van der Waals surface area contributed by atoms with Crippen LogP contribution in [-0.4, -0.2) is 42.2 Å². The number of aromatic nitrogens is 2. The molecule has 10 nitrogen and oxygen atoms in total. The summed E-state index contributed by atoms with van der Waals surface area (Å²) in [6.45, 7) is 1.49. The molecule has 0 aliphatic carbocycles. The number of rotatable bonds is 8. The Labute approximate surface area is 197 Å². The molecule has 3 aromatic rings. The number of ether oxygens (including phenoxy) is 2. The molecule has 0 atom stereocenters. The molecule has 4 rings (SSSR count). The van der Waals surface area contributed by atoms with Gasteiger partial charge in [-0.3, -0.25) is 10.1 Å². The smallest absolute Gasteiger partial charge is 0.353 e. The van der Waals surface area contributed by atoms with Gasteiger partial charge in [-0.25, -0.2) is 0 Å². The van der Waals surface area contributed by atoms with Gasteiger partial charge in [0.15, 0.2) is 0 Å². The molecule has 2 aromatic carbocycles. The second-order valence-electron chi connectivity index (χ2n) is 8.17. The third-order valence-electron chi connectivity index (χ3n) is 6.01. The third kappa shape index (κ3) is 5.11. The van der Waals surface area contributed by atoms with Gasteiger partial charge < -0.3 is 25.4 Å². The summed E-state index contributed by atoms with van der Waals surface area (Å²) in [6.07, 6.45) is 2.98. The average molecular weight is 465 g/mol. The van der Waals surface area contributed by atoms with Crippen molar-refractivity contribution in [2.45, 2.75) is 19.3 Å². The average Bonchev–Trinajstić information content (AvgIpc) is 2.84. The minimum Gasteiger partial charge on any atom is -0.497 e. The summed E-state index contributed by atoms with van der Waals surface area (Å²) in [5.41, 5.74) is 7.44. The zero-order chi connectivity index (χ0) is 24.1. The maximum Gasteiger partial charge on any atom is 0.353 e. The van der Waals surface area contributed by atoms with Gasteiger partial charge in [0, 0.05) is 19.2 Å². The van der Waals surface area contributed by atoms with Crippen molar-refractivity contribution < 1.29 is 14.4 Å². The lowest BCUT2D eigenvalue weighted by molar-refractivity contribution is -0.383. The molecule has 1 saturated heterocycles. The summed E-state index contributed by atoms with van der Waals surface area (Å²) in [7, 11) is 3.05. The molecule has 1 aromatic heterocycles. The van der Waals surface area contributed by atoms with Gasteiger partial charge in [-0.2, -0.15) is 9.97 Å². The Balaban J connectivity index is 1.57.